The number of thiophene rings is 1. The molecule has 0 saturated heterocycles. The van der Waals surface area contributed by atoms with Gasteiger partial charge in [-0.2, -0.15) is 0 Å². The third kappa shape index (κ3) is 5.30. The van der Waals surface area contributed by atoms with Gasteiger partial charge in [-0.05, 0) is 80.9 Å². The highest BCUT2D eigenvalue weighted by Crippen LogP contribution is 2.48. The molecule has 0 saturated carbocycles. The van der Waals surface area contributed by atoms with Crippen molar-refractivity contribution in [1.29, 1.82) is 0 Å². The standard InChI is InChI=1S/C51H32N2OS/c1-3-13-33(14-4-1)34-25-27-37(28-26-34)53(46-30-29-41(40-20-9-10-21-42(40)46)39-22-11-18-35-15-7-8-19-38(35)39)47-24-12-23-43-44-31-45-48(32-49(44)55-50(43)47)54-51(52-45)36-16-5-2-6-17-36/h1-32H. The molecule has 11 rings (SSSR count). The molecule has 3 nitrogen and oxygen atoms in total. The summed E-state index contributed by atoms with van der Waals surface area (Å²) in [4.78, 5) is 7.36. The van der Waals surface area contributed by atoms with Crippen LogP contribution in [0.1, 0.15) is 0 Å². The monoisotopic (exact) mass is 720 g/mol. The van der Waals surface area contributed by atoms with Gasteiger partial charge in [0.1, 0.15) is 5.52 Å². The summed E-state index contributed by atoms with van der Waals surface area (Å²) in [5.74, 6) is 0.641. The maximum atomic E-state index is 6.33. The molecule has 0 aliphatic rings. The summed E-state index contributed by atoms with van der Waals surface area (Å²) < 4.78 is 8.71. The minimum atomic E-state index is 0.641. The minimum absolute atomic E-state index is 0.641. The van der Waals surface area contributed by atoms with Crippen LogP contribution in [-0.2, 0) is 0 Å². The SMILES string of the molecule is c1ccc(-c2ccc(N(c3ccc(-c4cccc5ccccc45)c4ccccc34)c3cccc4c3sc3cc5oc(-c6ccccc6)nc5cc34)cc2)cc1. The van der Waals surface area contributed by atoms with Crippen LogP contribution in [0.5, 0.6) is 0 Å². The van der Waals surface area contributed by atoms with Crippen molar-refractivity contribution < 1.29 is 4.42 Å². The van der Waals surface area contributed by atoms with Crippen molar-refractivity contribution >= 4 is 81.2 Å². The summed E-state index contributed by atoms with van der Waals surface area (Å²) in [6, 6.07) is 69.4. The minimum Gasteiger partial charge on any atom is -0.436 e. The molecule has 0 aliphatic heterocycles. The van der Waals surface area contributed by atoms with E-state index in [0.29, 0.717) is 5.89 Å². The zero-order valence-corrected chi connectivity index (χ0v) is 30.5. The highest BCUT2D eigenvalue weighted by molar-refractivity contribution is 7.26. The lowest BCUT2D eigenvalue weighted by atomic mass is 9.93. The lowest BCUT2D eigenvalue weighted by molar-refractivity contribution is 0.620. The Bertz CT molecular complexity index is 3190. The first-order chi connectivity index (χ1) is 27.3. The van der Waals surface area contributed by atoms with E-state index in [1.54, 1.807) is 11.3 Å². The molecule has 11 aromatic rings. The molecule has 0 radical (unpaired) electrons. The molecule has 2 heterocycles. The Balaban J connectivity index is 1.13. The van der Waals surface area contributed by atoms with Gasteiger partial charge in [-0.3, -0.25) is 0 Å². The molecule has 55 heavy (non-hydrogen) atoms. The van der Waals surface area contributed by atoms with Gasteiger partial charge in [0.25, 0.3) is 0 Å². The maximum absolute atomic E-state index is 6.33. The molecular formula is C51H32N2OS. The molecule has 0 aliphatic carbocycles. The van der Waals surface area contributed by atoms with Crippen LogP contribution in [-0.4, -0.2) is 4.98 Å². The van der Waals surface area contributed by atoms with Gasteiger partial charge in [-0.25, -0.2) is 4.98 Å². The van der Waals surface area contributed by atoms with Crippen LogP contribution in [0.25, 0.3) is 86.5 Å². The van der Waals surface area contributed by atoms with E-state index in [-0.39, 0.29) is 0 Å². The number of aromatic nitrogens is 1. The van der Waals surface area contributed by atoms with Gasteiger partial charge < -0.3 is 9.32 Å². The van der Waals surface area contributed by atoms with Gasteiger partial charge >= 0.3 is 0 Å². The summed E-state index contributed by atoms with van der Waals surface area (Å²) in [5, 5.41) is 7.27. The molecule has 4 heteroatoms. The van der Waals surface area contributed by atoms with E-state index < -0.39 is 0 Å². The molecule has 0 unspecified atom stereocenters. The zero-order valence-electron chi connectivity index (χ0n) is 29.7. The fourth-order valence-electron chi connectivity index (χ4n) is 8.10. The van der Waals surface area contributed by atoms with Crippen molar-refractivity contribution in [2.45, 2.75) is 0 Å². The molecule has 9 aromatic carbocycles. The van der Waals surface area contributed by atoms with E-state index in [2.05, 4.69) is 169 Å². The summed E-state index contributed by atoms with van der Waals surface area (Å²) in [6.07, 6.45) is 0. The summed E-state index contributed by atoms with van der Waals surface area (Å²) >= 11 is 1.80. The fraction of sp³-hybridized carbons (Fsp3) is 0. The molecular weight excluding hydrogens is 689 g/mol. The first-order valence-electron chi connectivity index (χ1n) is 18.5. The Kier molecular flexibility index (Phi) is 7.35. The van der Waals surface area contributed by atoms with Crippen molar-refractivity contribution in [3.05, 3.63) is 194 Å². The van der Waals surface area contributed by atoms with Gasteiger partial charge in [0.2, 0.25) is 5.89 Å². The highest BCUT2D eigenvalue weighted by atomic mass is 32.1. The van der Waals surface area contributed by atoms with Crippen LogP contribution < -0.4 is 4.90 Å². The summed E-state index contributed by atoms with van der Waals surface area (Å²) in [5.41, 5.74) is 10.8. The largest absolute Gasteiger partial charge is 0.436 e. The second-order valence-corrected chi connectivity index (χ2v) is 15.0. The second kappa shape index (κ2) is 12.8. The molecule has 0 fully saturated rings. The number of hydrogen-bond donors (Lipinski definition) is 0. The number of hydrogen-bond acceptors (Lipinski definition) is 4. The Morgan fingerprint density at radius 1 is 0.436 bits per heavy atom. The van der Waals surface area contributed by atoms with E-state index in [0.717, 1.165) is 33.7 Å². The van der Waals surface area contributed by atoms with Crippen molar-refractivity contribution in [2.75, 3.05) is 4.90 Å². The van der Waals surface area contributed by atoms with Crippen molar-refractivity contribution in [3.63, 3.8) is 0 Å². The van der Waals surface area contributed by atoms with Gasteiger partial charge in [-0.1, -0.05) is 146 Å². The number of benzene rings is 9. The van der Waals surface area contributed by atoms with Crippen LogP contribution in [0.4, 0.5) is 17.1 Å². The molecule has 0 N–H and O–H groups in total. The van der Waals surface area contributed by atoms with Crippen molar-refractivity contribution in [3.8, 4) is 33.7 Å². The summed E-state index contributed by atoms with van der Waals surface area (Å²) in [6.45, 7) is 0. The lowest BCUT2D eigenvalue weighted by Gasteiger charge is -2.28. The van der Waals surface area contributed by atoms with Crippen LogP contribution in [0.2, 0.25) is 0 Å². The van der Waals surface area contributed by atoms with Crippen LogP contribution >= 0.6 is 11.3 Å². The number of rotatable bonds is 6. The average molecular weight is 721 g/mol. The Hall–Kier alpha value is -7.01. The van der Waals surface area contributed by atoms with Crippen molar-refractivity contribution in [1.82, 2.24) is 4.98 Å². The maximum Gasteiger partial charge on any atom is 0.227 e. The van der Waals surface area contributed by atoms with Gasteiger partial charge in [-0.15, -0.1) is 11.3 Å². The number of nitrogens with zero attached hydrogens (tertiary/aromatic N) is 2. The van der Waals surface area contributed by atoms with E-state index in [1.807, 2.05) is 30.3 Å². The van der Waals surface area contributed by atoms with Crippen LogP contribution in [0.15, 0.2) is 199 Å². The van der Waals surface area contributed by atoms with E-state index >= 15 is 0 Å². The summed E-state index contributed by atoms with van der Waals surface area (Å²) in [7, 11) is 0. The molecule has 0 spiro atoms. The Morgan fingerprint density at radius 3 is 1.89 bits per heavy atom. The zero-order chi connectivity index (χ0) is 36.3. The van der Waals surface area contributed by atoms with Crippen LogP contribution in [0, 0.1) is 0 Å². The van der Waals surface area contributed by atoms with E-state index in [1.165, 1.54) is 64.0 Å². The third-order valence-corrected chi connectivity index (χ3v) is 11.9. The molecule has 258 valence electrons. The Labute approximate surface area is 322 Å². The fourth-order valence-corrected chi connectivity index (χ4v) is 9.32. The molecule has 0 bridgehead atoms. The van der Waals surface area contributed by atoms with E-state index in [4.69, 9.17) is 9.40 Å². The lowest BCUT2D eigenvalue weighted by Crippen LogP contribution is -2.10. The quantitative estimate of drug-likeness (QED) is 0.171. The number of fused-ring (bicyclic) bond motifs is 6. The number of anilines is 3. The molecule has 2 aromatic heterocycles. The predicted octanol–water partition coefficient (Wildman–Crippen LogP) is 15.0. The van der Waals surface area contributed by atoms with Crippen molar-refractivity contribution in [2.24, 2.45) is 0 Å². The second-order valence-electron chi connectivity index (χ2n) is 13.9. The Morgan fingerprint density at radius 2 is 1.07 bits per heavy atom. The third-order valence-electron chi connectivity index (χ3n) is 10.7. The molecule has 0 atom stereocenters. The highest BCUT2D eigenvalue weighted by Gasteiger charge is 2.22. The van der Waals surface area contributed by atoms with E-state index in [9.17, 15) is 0 Å². The smallest absolute Gasteiger partial charge is 0.227 e. The predicted molar refractivity (Wildman–Crippen MR) is 233 cm³/mol. The molecule has 0 amide bonds. The average Bonchev–Trinajstić information content (AvgIpc) is 3.85. The van der Waals surface area contributed by atoms with Gasteiger partial charge in [0.05, 0.1) is 16.1 Å². The number of oxazole rings is 1. The normalized spacial score (nSPS) is 11.6. The topological polar surface area (TPSA) is 29.3 Å². The first kappa shape index (κ1) is 31.5. The first-order valence-corrected chi connectivity index (χ1v) is 19.4. The van der Waals surface area contributed by atoms with Crippen LogP contribution in [0.3, 0.4) is 0 Å². The van der Waals surface area contributed by atoms with Gasteiger partial charge in [0.15, 0.2) is 5.58 Å². The van der Waals surface area contributed by atoms with Gasteiger partial charge in [0, 0.05) is 38.2 Å².